The van der Waals surface area contributed by atoms with E-state index >= 15 is 0 Å². The maximum Gasteiger partial charge on any atom is 0.417 e. The van der Waals surface area contributed by atoms with Crippen molar-refractivity contribution in [3.63, 3.8) is 0 Å². The van der Waals surface area contributed by atoms with Gasteiger partial charge in [0.05, 0.1) is 36.5 Å². The van der Waals surface area contributed by atoms with Gasteiger partial charge in [-0.15, -0.1) is 0 Å². The van der Waals surface area contributed by atoms with Crippen molar-refractivity contribution in [2.75, 3.05) is 13.2 Å². The first-order valence-electron chi connectivity index (χ1n) is 7.04. The topological polar surface area (TPSA) is 89.4 Å². The normalized spacial score (nSPS) is 14.8. The zero-order valence-electron chi connectivity index (χ0n) is 12.9. The molecule has 0 bridgehead atoms. The van der Waals surface area contributed by atoms with Crippen molar-refractivity contribution < 1.29 is 27.5 Å². The van der Waals surface area contributed by atoms with Crippen LogP contribution in [-0.4, -0.2) is 29.7 Å². The van der Waals surface area contributed by atoms with E-state index in [1.54, 1.807) is 6.92 Å². The van der Waals surface area contributed by atoms with Gasteiger partial charge in [-0.2, -0.15) is 13.2 Å². The van der Waals surface area contributed by atoms with Crippen LogP contribution in [-0.2, 0) is 22.3 Å². The average molecular weight is 380 g/mol. The molecule has 0 saturated heterocycles. The Labute approximate surface area is 144 Å². The van der Waals surface area contributed by atoms with E-state index in [0.29, 0.717) is 16.8 Å². The van der Waals surface area contributed by atoms with Crippen LogP contribution in [0.15, 0.2) is 28.3 Å². The zero-order valence-corrected chi connectivity index (χ0v) is 13.6. The minimum atomic E-state index is -4.71. The zero-order chi connectivity index (χ0) is 18.8. The number of nitrogens with zero attached hydrogens (tertiary/aromatic N) is 1. The minimum Gasteiger partial charge on any atom is -0.463 e. The summed E-state index contributed by atoms with van der Waals surface area (Å²) in [6.45, 7) is 0.981. The Kier molecular flexibility index (Phi) is 5.41. The maximum atomic E-state index is 12.9. The van der Waals surface area contributed by atoms with Gasteiger partial charge in [0.1, 0.15) is 5.02 Å². The molecule has 1 aliphatic rings. The van der Waals surface area contributed by atoms with Gasteiger partial charge >= 0.3 is 18.2 Å². The predicted octanol–water partition coefficient (Wildman–Crippen LogP) is 1.65. The summed E-state index contributed by atoms with van der Waals surface area (Å²) in [4.78, 5) is 35.4. The first kappa shape index (κ1) is 18.8. The van der Waals surface area contributed by atoms with E-state index in [1.165, 1.54) is 0 Å². The molecule has 0 saturated carbocycles. The van der Waals surface area contributed by atoms with Crippen LogP contribution in [0.5, 0.6) is 0 Å². The Balaban J connectivity index is 2.48. The number of allylic oxidation sites excluding steroid dienone is 1. The number of ether oxygens (including phenoxy) is 1. The minimum absolute atomic E-state index is 0.00174. The molecule has 0 aliphatic carbocycles. The third kappa shape index (κ3) is 4.32. The first-order valence-corrected chi connectivity index (χ1v) is 7.42. The summed E-state index contributed by atoms with van der Waals surface area (Å²) in [5.41, 5.74) is -2.06. The second-order valence-corrected chi connectivity index (χ2v) is 5.40. The molecule has 25 heavy (non-hydrogen) atoms. The third-order valence-corrected chi connectivity index (χ3v) is 3.55. The number of carbonyl (C=O) groups excluding carboxylic acids is 2. The van der Waals surface area contributed by atoms with E-state index in [0.717, 1.165) is 0 Å². The monoisotopic (exact) mass is 379 g/mol. The van der Waals surface area contributed by atoms with Crippen LogP contribution in [0.4, 0.5) is 18.0 Å². The molecule has 0 aromatic carbocycles. The summed E-state index contributed by atoms with van der Waals surface area (Å²) in [7, 11) is 0. The Morgan fingerprint density at radius 1 is 1.40 bits per heavy atom. The molecule has 0 atom stereocenters. The molecule has 0 radical (unpaired) electrons. The van der Waals surface area contributed by atoms with Crippen LogP contribution in [0.2, 0.25) is 5.02 Å². The molecule has 7 nitrogen and oxygen atoms in total. The lowest BCUT2D eigenvalue weighted by Crippen LogP contribution is -2.45. The van der Waals surface area contributed by atoms with Gasteiger partial charge in [0.25, 0.3) is 5.56 Å². The number of urea groups is 1. The summed E-state index contributed by atoms with van der Waals surface area (Å²) in [6, 6.07) is -0.142. The molecular weight excluding hydrogens is 367 g/mol. The van der Waals surface area contributed by atoms with Crippen molar-refractivity contribution >= 4 is 23.6 Å². The summed E-state index contributed by atoms with van der Waals surface area (Å²) in [5, 5.41) is 4.02. The molecule has 2 heterocycles. The standard InChI is InChI=1S/C14H13ClF3N3O4/c1-2-25-12(23)8-4-19-13(24)20-10(8)6-21-5-7(14(16,17)18)3-9(15)11(21)22/h3,5H,2,4,6H2,1H3,(H2,19,20,24). The largest absolute Gasteiger partial charge is 0.463 e. The van der Waals surface area contributed by atoms with E-state index in [-0.39, 0.29) is 24.4 Å². The second kappa shape index (κ2) is 7.18. The molecule has 0 spiro atoms. The average Bonchev–Trinajstić information content (AvgIpc) is 2.51. The van der Waals surface area contributed by atoms with Crippen LogP contribution in [0.3, 0.4) is 0 Å². The number of amides is 2. The highest BCUT2D eigenvalue weighted by molar-refractivity contribution is 6.30. The molecule has 2 rings (SSSR count). The summed E-state index contributed by atoms with van der Waals surface area (Å²) in [6.07, 6.45) is -4.15. The number of carbonyl (C=O) groups is 2. The number of alkyl halides is 3. The fourth-order valence-electron chi connectivity index (χ4n) is 2.12. The van der Waals surface area contributed by atoms with Crippen molar-refractivity contribution in [3.05, 3.63) is 44.5 Å². The van der Waals surface area contributed by atoms with E-state index in [1.807, 2.05) is 0 Å². The lowest BCUT2D eigenvalue weighted by atomic mass is 10.1. The molecule has 1 aromatic rings. The number of nitrogens with one attached hydrogen (secondary N) is 2. The summed E-state index contributed by atoms with van der Waals surface area (Å²) in [5.74, 6) is -0.754. The van der Waals surface area contributed by atoms with Crippen LogP contribution < -0.4 is 16.2 Å². The number of hydrogen-bond acceptors (Lipinski definition) is 4. The first-order chi connectivity index (χ1) is 11.6. The quantitative estimate of drug-likeness (QED) is 0.778. The van der Waals surface area contributed by atoms with E-state index in [4.69, 9.17) is 16.3 Å². The second-order valence-electron chi connectivity index (χ2n) is 4.99. The Morgan fingerprint density at radius 3 is 2.68 bits per heavy atom. The molecule has 1 aliphatic heterocycles. The van der Waals surface area contributed by atoms with Crippen molar-refractivity contribution in [2.24, 2.45) is 0 Å². The van der Waals surface area contributed by atoms with Crippen LogP contribution in [0, 0.1) is 0 Å². The van der Waals surface area contributed by atoms with Crippen LogP contribution in [0.25, 0.3) is 0 Å². The van der Waals surface area contributed by atoms with Crippen molar-refractivity contribution in [1.29, 1.82) is 0 Å². The van der Waals surface area contributed by atoms with Gasteiger partial charge in [0, 0.05) is 6.20 Å². The van der Waals surface area contributed by atoms with Gasteiger partial charge in [-0.3, -0.25) is 4.79 Å². The highest BCUT2D eigenvalue weighted by Gasteiger charge is 2.32. The fourth-order valence-corrected chi connectivity index (χ4v) is 2.35. The predicted molar refractivity (Wildman–Crippen MR) is 80.9 cm³/mol. The Morgan fingerprint density at radius 2 is 2.08 bits per heavy atom. The SMILES string of the molecule is CCOC(=O)C1=C(Cn2cc(C(F)(F)F)cc(Cl)c2=O)NC(=O)NC1. The van der Waals surface area contributed by atoms with Crippen LogP contribution in [0.1, 0.15) is 12.5 Å². The number of halogens is 4. The Bertz CT molecular complexity index is 801. The van der Waals surface area contributed by atoms with Crippen molar-refractivity contribution in [1.82, 2.24) is 15.2 Å². The molecule has 0 unspecified atom stereocenters. The highest BCUT2D eigenvalue weighted by Crippen LogP contribution is 2.29. The number of rotatable bonds is 4. The van der Waals surface area contributed by atoms with Gasteiger partial charge < -0.3 is 19.9 Å². The summed E-state index contributed by atoms with van der Waals surface area (Å²) >= 11 is 5.58. The molecule has 1 aromatic heterocycles. The lowest BCUT2D eigenvalue weighted by molar-refractivity contribution is -0.139. The third-order valence-electron chi connectivity index (χ3n) is 3.27. The van der Waals surface area contributed by atoms with Gasteiger partial charge in [0.15, 0.2) is 0 Å². The maximum absolute atomic E-state index is 12.9. The van der Waals surface area contributed by atoms with E-state index < -0.39 is 40.9 Å². The van der Waals surface area contributed by atoms with E-state index in [2.05, 4.69) is 10.6 Å². The van der Waals surface area contributed by atoms with Crippen molar-refractivity contribution in [3.8, 4) is 0 Å². The van der Waals surface area contributed by atoms with Crippen LogP contribution >= 0.6 is 11.6 Å². The number of hydrogen-bond donors (Lipinski definition) is 2. The highest BCUT2D eigenvalue weighted by atomic mass is 35.5. The molecule has 2 amide bonds. The molecule has 11 heteroatoms. The van der Waals surface area contributed by atoms with E-state index in [9.17, 15) is 27.6 Å². The molecule has 136 valence electrons. The number of aromatic nitrogens is 1. The van der Waals surface area contributed by atoms with Gasteiger partial charge in [-0.25, -0.2) is 9.59 Å². The Hall–Kier alpha value is -2.49. The molecule has 0 fully saturated rings. The molecular formula is C14H13ClF3N3O4. The van der Waals surface area contributed by atoms with Crippen molar-refractivity contribution in [2.45, 2.75) is 19.6 Å². The van der Waals surface area contributed by atoms with Gasteiger partial charge in [-0.1, -0.05) is 11.6 Å². The number of esters is 1. The van der Waals surface area contributed by atoms with Gasteiger partial charge in [0.2, 0.25) is 0 Å². The number of pyridine rings is 1. The fraction of sp³-hybridized carbons (Fsp3) is 0.357. The lowest BCUT2D eigenvalue weighted by Gasteiger charge is -2.22. The smallest absolute Gasteiger partial charge is 0.417 e. The van der Waals surface area contributed by atoms with Gasteiger partial charge in [-0.05, 0) is 13.0 Å². The molecule has 2 N–H and O–H groups in total. The summed E-state index contributed by atoms with van der Waals surface area (Å²) < 4.78 is 44.2.